The third kappa shape index (κ3) is 4.94. The number of rotatable bonds is 8. The second kappa shape index (κ2) is 11.6. The van der Waals surface area contributed by atoms with Crippen LogP contribution < -0.4 is 16.0 Å². The summed E-state index contributed by atoms with van der Waals surface area (Å²) in [6, 6.07) is 13.8. The summed E-state index contributed by atoms with van der Waals surface area (Å²) in [5.41, 5.74) is 3.82. The number of aromatic amines is 1. The molecule has 0 unspecified atom stereocenters. The Balaban J connectivity index is 1.35. The van der Waals surface area contributed by atoms with Crippen molar-refractivity contribution in [2.45, 2.75) is 80.8 Å². The molecule has 2 heterocycles. The molecule has 0 spiro atoms. The van der Waals surface area contributed by atoms with Gasteiger partial charge in [-0.3, -0.25) is 14.4 Å². The maximum Gasteiger partial charge on any atom is 0.251 e. The van der Waals surface area contributed by atoms with Crippen LogP contribution in [-0.2, 0) is 23.1 Å². The molecule has 3 fully saturated rings. The summed E-state index contributed by atoms with van der Waals surface area (Å²) >= 11 is 0. The van der Waals surface area contributed by atoms with E-state index in [2.05, 4.69) is 42.6 Å². The molecule has 2 aromatic carbocycles. The predicted molar refractivity (Wildman–Crippen MR) is 168 cm³/mol. The number of amides is 3. The average molecular weight is 622 g/mol. The molecular weight excluding hydrogens is 582 g/mol. The van der Waals surface area contributed by atoms with Gasteiger partial charge in [0.25, 0.3) is 11.8 Å². The Labute approximate surface area is 267 Å². The van der Waals surface area contributed by atoms with E-state index in [9.17, 15) is 19.6 Å². The normalized spacial score (nSPS) is 23.3. The number of piperidine rings is 1. The first-order valence-electron chi connectivity index (χ1n) is 16.2. The van der Waals surface area contributed by atoms with E-state index in [0.717, 1.165) is 60.8 Å². The Kier molecular flexibility index (Phi) is 7.59. The van der Waals surface area contributed by atoms with Crippen molar-refractivity contribution >= 4 is 17.7 Å². The van der Waals surface area contributed by atoms with Crippen molar-refractivity contribution in [3.63, 3.8) is 0 Å². The molecule has 3 aromatic rings. The van der Waals surface area contributed by atoms with Gasteiger partial charge in [-0.15, -0.1) is 5.10 Å². The van der Waals surface area contributed by atoms with Gasteiger partial charge in [-0.1, -0.05) is 25.0 Å². The lowest BCUT2D eigenvalue weighted by Gasteiger charge is -2.43. The molecule has 4 aliphatic rings. The Morgan fingerprint density at radius 3 is 2.15 bits per heavy atom. The number of nitrogens with one attached hydrogen (secondary N) is 4. The summed E-state index contributed by atoms with van der Waals surface area (Å²) in [7, 11) is 3.24. The zero-order valence-corrected chi connectivity index (χ0v) is 26.2. The largest absolute Gasteiger partial charge is 0.355 e. The molecule has 0 bridgehead atoms. The van der Waals surface area contributed by atoms with E-state index in [1.54, 1.807) is 14.1 Å². The second-order valence-electron chi connectivity index (χ2n) is 13.3. The molecule has 4 N–H and O–H groups in total. The number of nitriles is 1. The van der Waals surface area contributed by atoms with Crippen LogP contribution >= 0.6 is 0 Å². The zero-order valence-electron chi connectivity index (χ0n) is 26.2. The number of aromatic nitrogens is 4. The van der Waals surface area contributed by atoms with Gasteiger partial charge < -0.3 is 20.9 Å². The van der Waals surface area contributed by atoms with Crippen molar-refractivity contribution in [3.8, 4) is 6.07 Å². The fraction of sp³-hybridized carbons (Fsp3) is 0.500. The van der Waals surface area contributed by atoms with Crippen LogP contribution in [0.5, 0.6) is 0 Å². The molecule has 238 valence electrons. The first-order chi connectivity index (χ1) is 22.3. The number of fused-ring (bicyclic) bond motifs is 3. The molecule has 2 saturated carbocycles. The minimum atomic E-state index is -0.877. The summed E-state index contributed by atoms with van der Waals surface area (Å²) in [6.07, 6.45) is 7.33. The number of carbonyl (C=O) groups is 3. The number of nitrogens with zero attached hydrogens (tertiary/aromatic N) is 5. The zero-order chi connectivity index (χ0) is 32.1. The van der Waals surface area contributed by atoms with Gasteiger partial charge >= 0.3 is 0 Å². The van der Waals surface area contributed by atoms with Gasteiger partial charge in [-0.2, -0.15) is 5.26 Å². The van der Waals surface area contributed by atoms with Gasteiger partial charge in [0.15, 0.2) is 5.82 Å². The van der Waals surface area contributed by atoms with Crippen molar-refractivity contribution in [1.29, 1.82) is 5.26 Å². The van der Waals surface area contributed by atoms with Crippen LogP contribution in [0.3, 0.4) is 0 Å². The standard InChI is InChI=1S/C34H39N9O3/c1-36-30(45)22-7-9-26-20(13-22)5-6-21-14-23(31(46)37-2)8-10-27(21)34(26,32-39-41-42-40-32)19-33(11-3-4-12-33)38-18-29(44)43-25(17-35)15-24-16-28(24)43/h7-10,13-14,24-25,28,38H,3-6,11-12,15-16,18-19H2,1-2H3,(H,36,45)(H,37,46)(H,39,40,41,42)/t24-,25+,28+/m1/s1. The van der Waals surface area contributed by atoms with Crippen LogP contribution in [-0.4, -0.2) is 81.5 Å². The van der Waals surface area contributed by atoms with Gasteiger partial charge in [-0.05, 0) is 108 Å². The summed E-state index contributed by atoms with van der Waals surface area (Å²) in [4.78, 5) is 41.0. The Bertz CT molecular complexity index is 1660. The van der Waals surface area contributed by atoms with Crippen molar-refractivity contribution in [2.24, 2.45) is 5.92 Å². The molecule has 3 atom stereocenters. The quantitative estimate of drug-likeness (QED) is 0.297. The lowest BCUT2D eigenvalue weighted by atomic mass is 9.64. The number of likely N-dealkylation sites (tertiary alicyclic amines) is 1. The summed E-state index contributed by atoms with van der Waals surface area (Å²) < 4.78 is 0. The van der Waals surface area contributed by atoms with Gasteiger partial charge in [-0.25, -0.2) is 5.10 Å². The molecule has 1 aromatic heterocycles. The maximum absolute atomic E-state index is 13.7. The summed E-state index contributed by atoms with van der Waals surface area (Å²) in [5, 5.41) is 34.7. The van der Waals surface area contributed by atoms with E-state index in [1.165, 1.54) is 0 Å². The number of hydrogen-bond donors (Lipinski definition) is 4. The lowest BCUT2D eigenvalue weighted by Crippen LogP contribution is -2.53. The van der Waals surface area contributed by atoms with E-state index >= 15 is 0 Å². The highest BCUT2D eigenvalue weighted by molar-refractivity contribution is 5.95. The van der Waals surface area contributed by atoms with Crippen molar-refractivity contribution in [3.05, 3.63) is 75.6 Å². The molecule has 0 radical (unpaired) electrons. The van der Waals surface area contributed by atoms with Gasteiger partial charge in [0.1, 0.15) is 6.04 Å². The highest BCUT2D eigenvalue weighted by atomic mass is 16.2. The fourth-order valence-corrected chi connectivity index (χ4v) is 8.55. The lowest BCUT2D eigenvalue weighted by molar-refractivity contribution is -0.131. The van der Waals surface area contributed by atoms with E-state index in [-0.39, 0.29) is 36.3 Å². The molecule has 3 amide bonds. The van der Waals surface area contributed by atoms with Gasteiger partial charge in [0.2, 0.25) is 5.91 Å². The predicted octanol–water partition coefficient (Wildman–Crippen LogP) is 2.16. The summed E-state index contributed by atoms with van der Waals surface area (Å²) in [5.74, 6) is 0.671. The van der Waals surface area contributed by atoms with E-state index in [1.807, 2.05) is 41.3 Å². The number of benzene rings is 2. The van der Waals surface area contributed by atoms with Crippen LogP contribution in [0, 0.1) is 17.2 Å². The van der Waals surface area contributed by atoms with Crippen LogP contribution in [0.25, 0.3) is 0 Å². The molecule has 1 saturated heterocycles. The molecule has 46 heavy (non-hydrogen) atoms. The SMILES string of the molecule is CNC(=O)c1ccc2c(c1)CCc1cc(C(=O)NC)ccc1C2(CC1(NCC(=O)N2[C@H](C#N)C[C@@H]3C[C@@H]32)CCCC1)c1nnn[nH]1. The number of tetrazole rings is 1. The monoisotopic (exact) mass is 621 g/mol. The third-order valence-electron chi connectivity index (χ3n) is 10.8. The molecular formula is C34H39N9O3. The number of H-pyrrole nitrogens is 1. The first-order valence-corrected chi connectivity index (χ1v) is 16.2. The first kappa shape index (κ1) is 30.0. The minimum absolute atomic E-state index is 0.0229. The van der Waals surface area contributed by atoms with Crippen LogP contribution in [0.4, 0.5) is 0 Å². The molecule has 12 nitrogen and oxygen atoms in total. The smallest absolute Gasteiger partial charge is 0.251 e. The third-order valence-corrected chi connectivity index (χ3v) is 10.8. The van der Waals surface area contributed by atoms with Crippen LogP contribution in [0.2, 0.25) is 0 Å². The molecule has 7 rings (SSSR count). The topological polar surface area (TPSA) is 169 Å². The van der Waals surface area contributed by atoms with Crippen molar-refractivity contribution in [1.82, 2.24) is 41.5 Å². The van der Waals surface area contributed by atoms with Gasteiger partial charge in [0.05, 0.1) is 18.0 Å². The number of carbonyl (C=O) groups excluding carboxylic acids is 3. The maximum atomic E-state index is 13.7. The molecule has 3 aliphatic carbocycles. The van der Waals surface area contributed by atoms with Crippen molar-refractivity contribution in [2.75, 3.05) is 20.6 Å². The molecule has 1 aliphatic heterocycles. The van der Waals surface area contributed by atoms with E-state index in [4.69, 9.17) is 0 Å². The number of aryl methyl sites for hydroxylation is 2. The van der Waals surface area contributed by atoms with Gasteiger partial charge in [0, 0.05) is 36.8 Å². The molecule has 12 heteroatoms. The van der Waals surface area contributed by atoms with E-state index in [0.29, 0.717) is 42.1 Å². The Morgan fingerprint density at radius 1 is 0.978 bits per heavy atom. The van der Waals surface area contributed by atoms with Crippen LogP contribution in [0.1, 0.15) is 93.7 Å². The average Bonchev–Trinajstić information content (AvgIpc) is 3.43. The second-order valence-corrected chi connectivity index (χ2v) is 13.3. The highest BCUT2D eigenvalue weighted by Gasteiger charge is 2.55. The van der Waals surface area contributed by atoms with E-state index < -0.39 is 11.0 Å². The van der Waals surface area contributed by atoms with Crippen molar-refractivity contribution < 1.29 is 14.4 Å². The number of hydrogen-bond acceptors (Lipinski definition) is 8. The minimum Gasteiger partial charge on any atom is -0.355 e. The Hall–Kier alpha value is -4.63. The highest BCUT2D eigenvalue weighted by Crippen LogP contribution is 2.52. The summed E-state index contributed by atoms with van der Waals surface area (Å²) in [6.45, 7) is 0.150. The van der Waals surface area contributed by atoms with Crippen LogP contribution in [0.15, 0.2) is 36.4 Å². The fourth-order valence-electron chi connectivity index (χ4n) is 8.55. The Morgan fingerprint density at radius 2 is 1.61 bits per heavy atom.